The summed E-state index contributed by atoms with van der Waals surface area (Å²) in [6.45, 7) is 3.73. The molecule has 0 aliphatic heterocycles. The van der Waals surface area contributed by atoms with Crippen molar-refractivity contribution in [3.63, 3.8) is 0 Å². The Hall–Kier alpha value is -2.12. The van der Waals surface area contributed by atoms with Crippen molar-refractivity contribution in [3.8, 4) is 0 Å². The number of anilines is 2. The highest BCUT2D eigenvalue weighted by Gasteiger charge is 2.32. The SMILES string of the molecule is CCc1ccc(NC(=O)C(CC)N(c2ccc(F)c(Cl)c2)S(C)(=O)=O)cc1. The molecule has 0 aliphatic rings. The molecule has 0 saturated heterocycles. The minimum Gasteiger partial charge on any atom is -0.324 e. The Balaban J connectivity index is 2.36. The van der Waals surface area contributed by atoms with Crippen molar-refractivity contribution < 1.29 is 17.6 Å². The number of aryl methyl sites for hydroxylation is 1. The standard InChI is InChI=1S/C19H22ClFN2O3S/c1-4-13-6-8-14(9-7-13)22-19(24)18(5-2)23(27(3,25)26)15-10-11-17(21)16(20)12-15/h6-12,18H,4-5H2,1-3H3,(H,22,24). The van der Waals surface area contributed by atoms with Crippen LogP contribution >= 0.6 is 11.6 Å². The number of hydrogen-bond acceptors (Lipinski definition) is 3. The molecule has 0 heterocycles. The highest BCUT2D eigenvalue weighted by atomic mass is 35.5. The smallest absolute Gasteiger partial charge is 0.248 e. The fourth-order valence-electron chi connectivity index (χ4n) is 2.73. The first-order valence-corrected chi connectivity index (χ1v) is 10.7. The second-order valence-corrected chi connectivity index (χ2v) is 8.39. The molecule has 0 radical (unpaired) electrons. The number of sulfonamides is 1. The highest BCUT2D eigenvalue weighted by molar-refractivity contribution is 7.92. The van der Waals surface area contributed by atoms with Gasteiger partial charge in [-0.15, -0.1) is 0 Å². The average molecular weight is 413 g/mol. The number of amides is 1. The summed E-state index contributed by atoms with van der Waals surface area (Å²) in [5, 5.41) is 2.52. The number of hydrogen-bond donors (Lipinski definition) is 1. The first-order chi connectivity index (χ1) is 12.7. The second kappa shape index (κ2) is 8.71. The Morgan fingerprint density at radius 2 is 1.81 bits per heavy atom. The van der Waals surface area contributed by atoms with E-state index < -0.39 is 27.8 Å². The predicted octanol–water partition coefficient (Wildman–Crippen LogP) is 4.22. The number of benzene rings is 2. The maximum atomic E-state index is 13.5. The van der Waals surface area contributed by atoms with E-state index in [0.717, 1.165) is 28.6 Å². The van der Waals surface area contributed by atoms with E-state index in [1.807, 2.05) is 19.1 Å². The molecule has 1 atom stereocenters. The lowest BCUT2D eigenvalue weighted by molar-refractivity contribution is -0.117. The van der Waals surface area contributed by atoms with Crippen LogP contribution in [0.1, 0.15) is 25.8 Å². The van der Waals surface area contributed by atoms with Gasteiger partial charge in [-0.2, -0.15) is 0 Å². The zero-order chi connectivity index (χ0) is 20.2. The fraction of sp³-hybridized carbons (Fsp3) is 0.316. The normalized spacial score (nSPS) is 12.5. The van der Waals surface area contributed by atoms with Gasteiger partial charge in [-0.05, 0) is 48.7 Å². The zero-order valence-electron chi connectivity index (χ0n) is 15.4. The van der Waals surface area contributed by atoms with Crippen molar-refractivity contribution in [1.29, 1.82) is 0 Å². The van der Waals surface area contributed by atoms with Crippen molar-refractivity contribution in [2.45, 2.75) is 32.7 Å². The molecule has 8 heteroatoms. The summed E-state index contributed by atoms with van der Waals surface area (Å²) in [5.74, 6) is -1.14. The highest BCUT2D eigenvalue weighted by Crippen LogP contribution is 2.27. The van der Waals surface area contributed by atoms with E-state index in [1.165, 1.54) is 12.1 Å². The molecule has 1 amide bonds. The van der Waals surface area contributed by atoms with Crippen LogP contribution in [0.2, 0.25) is 5.02 Å². The molecule has 0 spiro atoms. The Morgan fingerprint density at radius 1 is 1.19 bits per heavy atom. The van der Waals surface area contributed by atoms with E-state index >= 15 is 0 Å². The molecule has 2 aromatic carbocycles. The van der Waals surface area contributed by atoms with Crippen LogP contribution < -0.4 is 9.62 Å². The molecule has 2 rings (SSSR count). The minimum atomic E-state index is -3.82. The molecule has 1 unspecified atom stereocenters. The van der Waals surface area contributed by atoms with Crippen LogP contribution in [-0.2, 0) is 21.2 Å². The number of carbonyl (C=O) groups excluding carboxylic acids is 1. The van der Waals surface area contributed by atoms with Crippen molar-refractivity contribution in [2.75, 3.05) is 15.9 Å². The average Bonchev–Trinajstić information content (AvgIpc) is 2.61. The first kappa shape index (κ1) is 21.2. The first-order valence-electron chi connectivity index (χ1n) is 8.51. The van der Waals surface area contributed by atoms with Crippen molar-refractivity contribution in [3.05, 3.63) is 58.9 Å². The Morgan fingerprint density at radius 3 is 2.30 bits per heavy atom. The van der Waals surface area contributed by atoms with Crippen LogP contribution in [0.4, 0.5) is 15.8 Å². The molecular weight excluding hydrogens is 391 g/mol. The summed E-state index contributed by atoms with van der Waals surface area (Å²) in [6, 6.07) is 9.87. The van der Waals surface area contributed by atoms with Gasteiger partial charge in [0.2, 0.25) is 15.9 Å². The molecule has 2 aromatic rings. The summed E-state index contributed by atoms with van der Waals surface area (Å²) in [6.07, 6.45) is 2.09. The number of nitrogens with one attached hydrogen (secondary N) is 1. The summed E-state index contributed by atoms with van der Waals surface area (Å²) in [4.78, 5) is 12.8. The molecule has 0 bridgehead atoms. The maximum absolute atomic E-state index is 13.5. The second-order valence-electron chi connectivity index (χ2n) is 6.12. The Kier molecular flexibility index (Phi) is 6.84. The van der Waals surface area contributed by atoms with E-state index in [2.05, 4.69) is 5.32 Å². The van der Waals surface area contributed by atoms with E-state index in [9.17, 15) is 17.6 Å². The summed E-state index contributed by atoms with van der Waals surface area (Å²) < 4.78 is 39.2. The van der Waals surface area contributed by atoms with Gasteiger partial charge in [0.1, 0.15) is 11.9 Å². The largest absolute Gasteiger partial charge is 0.324 e. The van der Waals surface area contributed by atoms with E-state index in [1.54, 1.807) is 19.1 Å². The van der Waals surface area contributed by atoms with Gasteiger partial charge < -0.3 is 5.32 Å². The third kappa shape index (κ3) is 5.20. The van der Waals surface area contributed by atoms with Gasteiger partial charge in [-0.3, -0.25) is 9.10 Å². The molecule has 27 heavy (non-hydrogen) atoms. The topological polar surface area (TPSA) is 66.5 Å². The number of nitrogens with zero attached hydrogens (tertiary/aromatic N) is 1. The van der Waals surface area contributed by atoms with Gasteiger partial charge in [0.05, 0.1) is 17.0 Å². The van der Waals surface area contributed by atoms with Crippen LogP contribution in [-0.4, -0.2) is 26.6 Å². The Bertz CT molecular complexity index is 917. The fourth-order valence-corrected chi connectivity index (χ4v) is 4.11. The molecule has 146 valence electrons. The predicted molar refractivity (Wildman–Crippen MR) is 107 cm³/mol. The lowest BCUT2D eigenvalue weighted by Gasteiger charge is -2.30. The number of halogens is 2. The van der Waals surface area contributed by atoms with E-state index in [4.69, 9.17) is 11.6 Å². The van der Waals surface area contributed by atoms with Gasteiger partial charge in [0.25, 0.3) is 0 Å². The van der Waals surface area contributed by atoms with Gasteiger partial charge in [-0.1, -0.05) is 37.6 Å². The van der Waals surface area contributed by atoms with Crippen LogP contribution in [0.25, 0.3) is 0 Å². The van der Waals surface area contributed by atoms with Crippen LogP contribution in [0.5, 0.6) is 0 Å². The van der Waals surface area contributed by atoms with Gasteiger partial charge in [-0.25, -0.2) is 12.8 Å². The van der Waals surface area contributed by atoms with Crippen LogP contribution in [0.15, 0.2) is 42.5 Å². The maximum Gasteiger partial charge on any atom is 0.248 e. The van der Waals surface area contributed by atoms with Gasteiger partial charge >= 0.3 is 0 Å². The summed E-state index contributed by atoms with van der Waals surface area (Å²) in [5.41, 5.74) is 1.83. The third-order valence-corrected chi connectivity index (χ3v) is 5.59. The van der Waals surface area contributed by atoms with Crippen molar-refractivity contribution in [2.24, 2.45) is 0 Å². The molecule has 1 N–H and O–H groups in total. The monoisotopic (exact) mass is 412 g/mol. The van der Waals surface area contributed by atoms with Crippen molar-refractivity contribution in [1.82, 2.24) is 0 Å². The van der Waals surface area contributed by atoms with Crippen LogP contribution in [0, 0.1) is 5.82 Å². The minimum absolute atomic E-state index is 0.132. The molecule has 0 aromatic heterocycles. The van der Waals surface area contributed by atoms with Gasteiger partial charge in [0.15, 0.2) is 0 Å². The quantitative estimate of drug-likeness (QED) is 0.740. The number of rotatable bonds is 7. The molecule has 0 saturated carbocycles. The van der Waals surface area contributed by atoms with Gasteiger partial charge in [0, 0.05) is 5.69 Å². The summed E-state index contributed by atoms with van der Waals surface area (Å²) in [7, 11) is -3.82. The van der Waals surface area contributed by atoms with Crippen molar-refractivity contribution >= 4 is 38.9 Å². The zero-order valence-corrected chi connectivity index (χ0v) is 16.9. The molecule has 0 fully saturated rings. The van der Waals surface area contributed by atoms with E-state index in [0.29, 0.717) is 5.69 Å². The molecular formula is C19H22ClFN2O3S. The van der Waals surface area contributed by atoms with E-state index in [-0.39, 0.29) is 17.1 Å². The molecule has 0 aliphatic carbocycles. The lowest BCUT2D eigenvalue weighted by atomic mass is 10.1. The molecule has 5 nitrogen and oxygen atoms in total. The van der Waals surface area contributed by atoms with Crippen LogP contribution in [0.3, 0.4) is 0 Å². The lowest BCUT2D eigenvalue weighted by Crippen LogP contribution is -2.47. The number of carbonyl (C=O) groups is 1. The third-order valence-electron chi connectivity index (χ3n) is 4.12. The summed E-state index contributed by atoms with van der Waals surface area (Å²) >= 11 is 5.80. The Labute approximate surface area is 164 Å².